The maximum atomic E-state index is 10.9. The van der Waals surface area contributed by atoms with Crippen LogP contribution in [0.2, 0.25) is 0 Å². The summed E-state index contributed by atoms with van der Waals surface area (Å²) in [4.78, 5) is 21.3. The highest BCUT2D eigenvalue weighted by molar-refractivity contribution is 5.70. The number of phenols is 1. The summed E-state index contributed by atoms with van der Waals surface area (Å²) in [6.45, 7) is 1.65. The van der Waals surface area contributed by atoms with E-state index < -0.39 is 18.0 Å². The number of nitrogens with zero attached hydrogens (tertiary/aromatic N) is 1. The predicted octanol–water partition coefficient (Wildman–Crippen LogP) is 0.403. The summed E-state index contributed by atoms with van der Waals surface area (Å²) in [6.07, 6.45) is 0.530. The van der Waals surface area contributed by atoms with Crippen LogP contribution in [0, 0.1) is 5.92 Å². The van der Waals surface area contributed by atoms with Gasteiger partial charge in [0.1, 0.15) is 5.75 Å². The minimum atomic E-state index is -0.911. The van der Waals surface area contributed by atoms with Gasteiger partial charge < -0.3 is 25.3 Å². The first-order valence-electron chi connectivity index (χ1n) is 6.97. The minimum Gasteiger partial charge on any atom is -0.508 e. The second-order valence-electron chi connectivity index (χ2n) is 5.12. The summed E-state index contributed by atoms with van der Waals surface area (Å²) in [6, 6.07) is 7.05. The Balaban J connectivity index is 0.000000745. The van der Waals surface area contributed by atoms with Crippen LogP contribution in [0.5, 0.6) is 5.75 Å². The van der Waals surface area contributed by atoms with Gasteiger partial charge in [-0.05, 0) is 37.1 Å². The Morgan fingerprint density at radius 1 is 1.32 bits per heavy atom. The van der Waals surface area contributed by atoms with Crippen molar-refractivity contribution < 1.29 is 30.0 Å². The molecule has 0 aliphatic carbocycles. The van der Waals surface area contributed by atoms with E-state index in [4.69, 9.17) is 15.0 Å². The van der Waals surface area contributed by atoms with E-state index in [1.807, 2.05) is 12.1 Å². The molecule has 7 heteroatoms. The molecule has 4 N–H and O–H groups in total. The van der Waals surface area contributed by atoms with Crippen molar-refractivity contribution in [1.82, 2.24) is 4.90 Å². The standard InChI is InChI=1S/C14H19NO4.CH2O2/c16-11-3-1-10(2-4-11)5-7-15-8-6-12(14(18)19)13(17)9-15;2-1-3/h1-4,12-13,16-17H,5-9H2,(H,18,19);1H,(H,2,3)/t12-,13+;/m0./s1. The maximum absolute atomic E-state index is 10.9. The molecule has 1 aromatic carbocycles. The van der Waals surface area contributed by atoms with Crippen LogP contribution in [0.15, 0.2) is 24.3 Å². The summed E-state index contributed by atoms with van der Waals surface area (Å²) >= 11 is 0. The number of aliphatic hydroxyl groups excluding tert-OH is 1. The zero-order valence-corrected chi connectivity index (χ0v) is 12.1. The Morgan fingerprint density at radius 2 is 1.91 bits per heavy atom. The Morgan fingerprint density at radius 3 is 2.41 bits per heavy atom. The minimum absolute atomic E-state index is 0.250. The molecule has 0 saturated carbocycles. The summed E-state index contributed by atoms with van der Waals surface area (Å²) in [5.74, 6) is -1.29. The van der Waals surface area contributed by atoms with E-state index in [-0.39, 0.29) is 12.2 Å². The van der Waals surface area contributed by atoms with Crippen LogP contribution in [0.25, 0.3) is 0 Å². The number of carboxylic acids is 1. The molecular formula is C15H21NO6. The van der Waals surface area contributed by atoms with Gasteiger partial charge in [-0.3, -0.25) is 9.59 Å². The lowest BCUT2D eigenvalue weighted by Gasteiger charge is -2.33. The molecule has 1 heterocycles. The Bertz CT molecular complexity index is 475. The molecule has 0 unspecified atom stereocenters. The number of phenolic OH excluding ortho intramolecular Hbond substituents is 1. The number of aliphatic carboxylic acids is 1. The number of aromatic hydroxyl groups is 1. The van der Waals surface area contributed by atoms with Crippen LogP contribution < -0.4 is 0 Å². The summed E-state index contributed by atoms with van der Waals surface area (Å²) in [5, 5.41) is 34.8. The van der Waals surface area contributed by atoms with E-state index in [0.29, 0.717) is 19.5 Å². The first-order valence-corrected chi connectivity index (χ1v) is 6.97. The van der Waals surface area contributed by atoms with E-state index >= 15 is 0 Å². The first kappa shape index (κ1) is 17.9. The smallest absolute Gasteiger partial charge is 0.309 e. The van der Waals surface area contributed by atoms with Gasteiger partial charge in [-0.15, -0.1) is 0 Å². The average molecular weight is 311 g/mol. The largest absolute Gasteiger partial charge is 0.508 e. The Hall–Kier alpha value is -2.12. The van der Waals surface area contributed by atoms with Gasteiger partial charge in [0.25, 0.3) is 6.47 Å². The summed E-state index contributed by atoms with van der Waals surface area (Å²) in [5.41, 5.74) is 1.12. The number of β-amino-alcohol motifs (C(OH)–C–C–N with tert-alkyl or cyclic N) is 1. The van der Waals surface area contributed by atoms with Gasteiger partial charge in [0.15, 0.2) is 0 Å². The van der Waals surface area contributed by atoms with Gasteiger partial charge in [-0.25, -0.2) is 0 Å². The number of carbonyl (C=O) groups is 2. The Kier molecular flexibility index (Phi) is 7.34. The van der Waals surface area contributed by atoms with Crippen molar-refractivity contribution in [3.63, 3.8) is 0 Å². The monoisotopic (exact) mass is 311 g/mol. The lowest BCUT2D eigenvalue weighted by Crippen LogP contribution is -2.47. The van der Waals surface area contributed by atoms with Crippen LogP contribution in [0.1, 0.15) is 12.0 Å². The van der Waals surface area contributed by atoms with Gasteiger partial charge in [0.2, 0.25) is 0 Å². The quantitative estimate of drug-likeness (QED) is 0.594. The van der Waals surface area contributed by atoms with Gasteiger partial charge in [0, 0.05) is 13.1 Å². The molecule has 7 nitrogen and oxygen atoms in total. The van der Waals surface area contributed by atoms with E-state index in [9.17, 15) is 15.0 Å². The highest BCUT2D eigenvalue weighted by Gasteiger charge is 2.32. The zero-order chi connectivity index (χ0) is 16.5. The molecule has 2 rings (SSSR count). The third-order valence-electron chi connectivity index (χ3n) is 3.64. The van der Waals surface area contributed by atoms with E-state index in [1.54, 1.807) is 12.1 Å². The fourth-order valence-corrected chi connectivity index (χ4v) is 2.44. The van der Waals surface area contributed by atoms with E-state index in [0.717, 1.165) is 18.5 Å². The molecule has 22 heavy (non-hydrogen) atoms. The second kappa shape index (κ2) is 9.01. The van der Waals surface area contributed by atoms with Crippen molar-refractivity contribution in [1.29, 1.82) is 0 Å². The molecule has 1 saturated heterocycles. The van der Waals surface area contributed by atoms with Gasteiger partial charge in [-0.2, -0.15) is 0 Å². The molecule has 0 bridgehead atoms. The molecule has 0 radical (unpaired) electrons. The van der Waals surface area contributed by atoms with Crippen molar-refractivity contribution in [3.05, 3.63) is 29.8 Å². The fourth-order valence-electron chi connectivity index (χ4n) is 2.44. The average Bonchev–Trinajstić information content (AvgIpc) is 2.47. The molecule has 1 aromatic rings. The number of benzene rings is 1. The lowest BCUT2D eigenvalue weighted by molar-refractivity contribution is -0.148. The van der Waals surface area contributed by atoms with Gasteiger partial charge in [0.05, 0.1) is 12.0 Å². The molecule has 0 aromatic heterocycles. The number of aliphatic hydroxyl groups is 1. The normalized spacial score (nSPS) is 21.5. The number of piperidine rings is 1. The fraction of sp³-hybridized carbons (Fsp3) is 0.467. The van der Waals surface area contributed by atoms with Crippen LogP contribution in [0.3, 0.4) is 0 Å². The number of carboxylic acid groups (broad SMARTS) is 2. The molecule has 1 aliphatic rings. The maximum Gasteiger partial charge on any atom is 0.309 e. The van der Waals surface area contributed by atoms with Crippen molar-refractivity contribution in [3.8, 4) is 5.75 Å². The van der Waals surface area contributed by atoms with Crippen LogP contribution in [-0.4, -0.2) is 63.5 Å². The van der Waals surface area contributed by atoms with Crippen molar-refractivity contribution in [2.45, 2.75) is 18.9 Å². The number of likely N-dealkylation sites (tertiary alicyclic amines) is 1. The third-order valence-corrected chi connectivity index (χ3v) is 3.64. The predicted molar refractivity (Wildman–Crippen MR) is 78.7 cm³/mol. The molecule has 1 fully saturated rings. The summed E-state index contributed by atoms with van der Waals surface area (Å²) < 4.78 is 0. The molecule has 1 aliphatic heterocycles. The molecule has 0 spiro atoms. The van der Waals surface area contributed by atoms with E-state index in [1.165, 1.54) is 0 Å². The summed E-state index contributed by atoms with van der Waals surface area (Å²) in [7, 11) is 0. The van der Waals surface area contributed by atoms with Crippen molar-refractivity contribution in [2.24, 2.45) is 5.92 Å². The van der Waals surface area contributed by atoms with Crippen LogP contribution in [0.4, 0.5) is 0 Å². The number of rotatable bonds is 4. The third kappa shape index (κ3) is 5.71. The van der Waals surface area contributed by atoms with E-state index in [2.05, 4.69) is 4.90 Å². The Labute approximate surface area is 128 Å². The van der Waals surface area contributed by atoms with Crippen molar-refractivity contribution >= 4 is 12.4 Å². The topological polar surface area (TPSA) is 118 Å². The SMILES string of the molecule is O=C(O)[C@H]1CCN(CCc2ccc(O)cc2)C[C@H]1O.O=CO. The molecule has 2 atom stereocenters. The van der Waals surface area contributed by atoms with Crippen LogP contribution >= 0.6 is 0 Å². The number of hydrogen-bond acceptors (Lipinski definition) is 5. The first-order chi connectivity index (χ1) is 10.5. The lowest BCUT2D eigenvalue weighted by atomic mass is 9.94. The van der Waals surface area contributed by atoms with Gasteiger partial charge >= 0.3 is 5.97 Å². The molecular weight excluding hydrogens is 290 g/mol. The van der Waals surface area contributed by atoms with Crippen molar-refractivity contribution in [2.75, 3.05) is 19.6 Å². The molecule has 0 amide bonds. The molecule has 122 valence electrons. The highest BCUT2D eigenvalue weighted by Crippen LogP contribution is 2.18. The zero-order valence-electron chi connectivity index (χ0n) is 12.1. The number of hydrogen-bond donors (Lipinski definition) is 4. The van der Waals surface area contributed by atoms with Gasteiger partial charge in [-0.1, -0.05) is 12.1 Å². The van der Waals surface area contributed by atoms with Crippen LogP contribution in [-0.2, 0) is 16.0 Å². The second-order valence-corrected chi connectivity index (χ2v) is 5.12. The highest BCUT2D eigenvalue weighted by atomic mass is 16.4.